The highest BCUT2D eigenvalue weighted by Crippen LogP contribution is 2.26. The third kappa shape index (κ3) is 3.23. The molecule has 1 amide bonds. The van der Waals surface area contributed by atoms with Gasteiger partial charge in [-0.15, -0.1) is 0 Å². The van der Waals surface area contributed by atoms with Crippen molar-refractivity contribution in [1.29, 1.82) is 0 Å². The van der Waals surface area contributed by atoms with Gasteiger partial charge in [0.2, 0.25) is 0 Å². The van der Waals surface area contributed by atoms with Crippen molar-refractivity contribution in [1.82, 2.24) is 4.90 Å². The summed E-state index contributed by atoms with van der Waals surface area (Å²) in [5, 5.41) is 0. The van der Waals surface area contributed by atoms with Crippen LogP contribution in [0.25, 0.3) is 0 Å². The molecule has 18 heavy (non-hydrogen) atoms. The quantitative estimate of drug-likeness (QED) is 0.903. The Labute approximate surface area is 115 Å². The average Bonchev–Trinajstić information content (AvgIpc) is 3.20. The van der Waals surface area contributed by atoms with Crippen molar-refractivity contribution in [3.8, 4) is 5.75 Å². The van der Waals surface area contributed by atoms with E-state index in [1.807, 2.05) is 25.2 Å². The Balaban J connectivity index is 1.94. The summed E-state index contributed by atoms with van der Waals surface area (Å²) in [4.78, 5) is 13.6. The van der Waals surface area contributed by atoms with Gasteiger partial charge in [-0.1, -0.05) is 15.9 Å². The van der Waals surface area contributed by atoms with E-state index >= 15 is 0 Å². The molecule has 5 heteroatoms. The highest BCUT2D eigenvalue weighted by molar-refractivity contribution is 9.10. The zero-order valence-electron chi connectivity index (χ0n) is 10.4. The minimum absolute atomic E-state index is 0.0170. The van der Waals surface area contributed by atoms with E-state index in [1.54, 1.807) is 4.90 Å². The highest BCUT2D eigenvalue weighted by atomic mass is 79.9. The number of ether oxygens (including phenoxy) is 1. The molecule has 0 aromatic heterocycles. The second kappa shape index (κ2) is 5.71. The fourth-order valence-corrected chi connectivity index (χ4v) is 2.16. The van der Waals surface area contributed by atoms with Crippen LogP contribution in [0.3, 0.4) is 0 Å². The van der Waals surface area contributed by atoms with Gasteiger partial charge in [-0.25, -0.2) is 0 Å². The number of benzene rings is 1. The van der Waals surface area contributed by atoms with Crippen LogP contribution in [-0.4, -0.2) is 30.5 Å². The lowest BCUT2D eigenvalue weighted by Gasteiger charge is -2.17. The summed E-state index contributed by atoms with van der Waals surface area (Å²) >= 11 is 3.38. The van der Waals surface area contributed by atoms with Crippen LogP contribution in [0, 0.1) is 0 Å². The Kier molecular flexibility index (Phi) is 4.24. The lowest BCUT2D eigenvalue weighted by Crippen LogP contribution is -2.33. The van der Waals surface area contributed by atoms with Gasteiger partial charge in [0.15, 0.2) is 6.61 Å². The fourth-order valence-electron chi connectivity index (χ4n) is 1.76. The van der Waals surface area contributed by atoms with Gasteiger partial charge in [-0.2, -0.15) is 0 Å². The van der Waals surface area contributed by atoms with E-state index in [-0.39, 0.29) is 12.5 Å². The molecule has 1 fully saturated rings. The van der Waals surface area contributed by atoms with Gasteiger partial charge >= 0.3 is 0 Å². The second-order valence-corrected chi connectivity index (χ2v) is 5.40. The summed E-state index contributed by atoms with van der Waals surface area (Å²) in [7, 11) is 1.83. The first kappa shape index (κ1) is 13.4. The van der Waals surface area contributed by atoms with Crippen molar-refractivity contribution in [3.05, 3.63) is 28.2 Å². The maximum atomic E-state index is 11.8. The highest BCUT2D eigenvalue weighted by Gasteiger charge is 2.29. The fraction of sp³-hybridized carbons (Fsp3) is 0.462. The van der Waals surface area contributed by atoms with Crippen LogP contribution in [-0.2, 0) is 11.3 Å². The molecule has 0 heterocycles. The van der Waals surface area contributed by atoms with Crippen LogP contribution in [0.2, 0.25) is 0 Å². The number of hydrogen-bond donors (Lipinski definition) is 1. The zero-order chi connectivity index (χ0) is 13.1. The molecule has 98 valence electrons. The zero-order valence-corrected chi connectivity index (χ0v) is 11.9. The van der Waals surface area contributed by atoms with Gasteiger partial charge in [0.1, 0.15) is 5.75 Å². The summed E-state index contributed by atoms with van der Waals surface area (Å²) in [6.45, 7) is 0.461. The molecule has 2 N–H and O–H groups in total. The number of nitrogens with two attached hydrogens (primary N) is 1. The van der Waals surface area contributed by atoms with E-state index in [1.165, 1.54) is 0 Å². The van der Waals surface area contributed by atoms with Crippen molar-refractivity contribution in [2.24, 2.45) is 5.73 Å². The summed E-state index contributed by atoms with van der Waals surface area (Å²) in [5.74, 6) is 0.696. The number of hydrogen-bond acceptors (Lipinski definition) is 3. The molecule has 0 bridgehead atoms. The number of halogens is 1. The molecular weight excluding hydrogens is 296 g/mol. The summed E-state index contributed by atoms with van der Waals surface area (Å²) < 4.78 is 6.51. The molecule has 0 saturated heterocycles. The van der Waals surface area contributed by atoms with Gasteiger partial charge in [-0.3, -0.25) is 4.79 Å². The molecule has 2 rings (SSSR count). The van der Waals surface area contributed by atoms with Crippen LogP contribution in [0.4, 0.5) is 0 Å². The Morgan fingerprint density at radius 1 is 1.56 bits per heavy atom. The van der Waals surface area contributed by atoms with Crippen LogP contribution < -0.4 is 10.5 Å². The Hall–Kier alpha value is -1.07. The lowest BCUT2D eigenvalue weighted by molar-refractivity contribution is -0.132. The minimum atomic E-state index is 0.0170. The molecule has 4 nitrogen and oxygen atoms in total. The van der Waals surface area contributed by atoms with E-state index in [2.05, 4.69) is 15.9 Å². The van der Waals surface area contributed by atoms with E-state index < -0.39 is 0 Å². The molecule has 0 atom stereocenters. The normalized spacial score (nSPS) is 14.4. The summed E-state index contributed by atoms with van der Waals surface area (Å²) in [6.07, 6.45) is 2.21. The van der Waals surface area contributed by atoms with Crippen molar-refractivity contribution < 1.29 is 9.53 Å². The van der Waals surface area contributed by atoms with Crippen LogP contribution >= 0.6 is 15.9 Å². The summed E-state index contributed by atoms with van der Waals surface area (Å²) in [5.41, 5.74) is 6.54. The molecule has 1 aromatic carbocycles. The van der Waals surface area contributed by atoms with Crippen LogP contribution in [0.5, 0.6) is 5.75 Å². The number of carbonyl (C=O) groups excluding carboxylic acids is 1. The Morgan fingerprint density at radius 2 is 2.28 bits per heavy atom. The Morgan fingerprint density at radius 3 is 2.89 bits per heavy atom. The lowest BCUT2D eigenvalue weighted by atomic mass is 10.2. The molecular formula is C13H17BrN2O2. The third-order valence-corrected chi connectivity index (χ3v) is 3.57. The molecule has 0 unspecified atom stereocenters. The van der Waals surface area contributed by atoms with E-state index in [0.717, 1.165) is 22.9 Å². The number of nitrogens with zero attached hydrogens (tertiary/aromatic N) is 1. The topological polar surface area (TPSA) is 55.6 Å². The predicted molar refractivity (Wildman–Crippen MR) is 73.3 cm³/mol. The molecule has 1 aliphatic carbocycles. The maximum Gasteiger partial charge on any atom is 0.260 e. The van der Waals surface area contributed by atoms with Crippen molar-refractivity contribution in [2.45, 2.75) is 25.4 Å². The number of likely N-dealkylation sites (N-methyl/N-ethyl adjacent to an activating group) is 1. The SMILES string of the molecule is CN(C(=O)COc1ccc(Br)cc1CN)C1CC1. The van der Waals surface area contributed by atoms with E-state index in [4.69, 9.17) is 10.5 Å². The molecule has 1 aromatic rings. The maximum absolute atomic E-state index is 11.8. The summed E-state index contributed by atoms with van der Waals surface area (Å²) in [6, 6.07) is 6.03. The average molecular weight is 313 g/mol. The number of rotatable bonds is 5. The first-order valence-electron chi connectivity index (χ1n) is 5.98. The predicted octanol–water partition coefficient (Wildman–Crippen LogP) is 1.91. The van der Waals surface area contributed by atoms with Crippen molar-refractivity contribution >= 4 is 21.8 Å². The van der Waals surface area contributed by atoms with Gasteiger partial charge in [0, 0.05) is 29.7 Å². The molecule has 1 aliphatic rings. The largest absolute Gasteiger partial charge is 0.483 e. The van der Waals surface area contributed by atoms with Gasteiger partial charge < -0.3 is 15.4 Å². The van der Waals surface area contributed by atoms with E-state index in [0.29, 0.717) is 18.3 Å². The van der Waals surface area contributed by atoms with Crippen molar-refractivity contribution in [3.63, 3.8) is 0 Å². The number of amides is 1. The van der Waals surface area contributed by atoms with Gasteiger partial charge in [-0.05, 0) is 31.0 Å². The monoisotopic (exact) mass is 312 g/mol. The van der Waals surface area contributed by atoms with Crippen molar-refractivity contribution in [2.75, 3.05) is 13.7 Å². The molecule has 1 saturated carbocycles. The minimum Gasteiger partial charge on any atom is -0.483 e. The standard InChI is InChI=1S/C13H17BrN2O2/c1-16(11-3-4-11)13(17)8-18-12-5-2-10(14)6-9(12)7-15/h2,5-6,11H,3-4,7-8,15H2,1H3. The smallest absolute Gasteiger partial charge is 0.260 e. The Bertz CT molecular complexity index is 447. The molecule has 0 aliphatic heterocycles. The van der Waals surface area contributed by atoms with Gasteiger partial charge in [0.25, 0.3) is 5.91 Å². The first-order valence-corrected chi connectivity index (χ1v) is 6.78. The van der Waals surface area contributed by atoms with Crippen LogP contribution in [0.15, 0.2) is 22.7 Å². The second-order valence-electron chi connectivity index (χ2n) is 4.48. The van der Waals surface area contributed by atoms with E-state index in [9.17, 15) is 4.79 Å². The first-order chi connectivity index (χ1) is 8.61. The third-order valence-electron chi connectivity index (χ3n) is 3.08. The number of carbonyl (C=O) groups is 1. The van der Waals surface area contributed by atoms with Gasteiger partial charge in [0.05, 0.1) is 0 Å². The van der Waals surface area contributed by atoms with Crippen LogP contribution in [0.1, 0.15) is 18.4 Å². The molecule has 0 radical (unpaired) electrons. The molecule has 0 spiro atoms.